The number of hydrogen-bond donors (Lipinski definition) is 0. The SMILES string of the molecule is COC(=O)CCCN(C)C(=O)c1ccc(C(C)(C)C)cc1. The van der Waals surface area contributed by atoms with Crippen molar-refractivity contribution in [2.24, 2.45) is 0 Å². The van der Waals surface area contributed by atoms with Crippen molar-refractivity contribution in [3.63, 3.8) is 0 Å². The number of amides is 1. The van der Waals surface area contributed by atoms with Gasteiger partial charge in [0.1, 0.15) is 0 Å². The fourth-order valence-electron chi connectivity index (χ4n) is 2.00. The molecule has 21 heavy (non-hydrogen) atoms. The van der Waals surface area contributed by atoms with E-state index in [9.17, 15) is 9.59 Å². The highest BCUT2D eigenvalue weighted by Gasteiger charge is 2.16. The molecular weight excluding hydrogens is 266 g/mol. The number of esters is 1. The van der Waals surface area contributed by atoms with Gasteiger partial charge in [0.25, 0.3) is 5.91 Å². The third kappa shape index (κ3) is 5.21. The van der Waals surface area contributed by atoms with E-state index in [-0.39, 0.29) is 17.3 Å². The molecule has 0 atom stereocenters. The highest BCUT2D eigenvalue weighted by molar-refractivity contribution is 5.94. The topological polar surface area (TPSA) is 46.6 Å². The van der Waals surface area contributed by atoms with Crippen molar-refractivity contribution in [1.29, 1.82) is 0 Å². The molecule has 1 aromatic rings. The van der Waals surface area contributed by atoms with Crippen LogP contribution < -0.4 is 0 Å². The number of benzene rings is 1. The summed E-state index contributed by atoms with van der Waals surface area (Å²) in [4.78, 5) is 24.9. The van der Waals surface area contributed by atoms with E-state index in [1.54, 1.807) is 11.9 Å². The summed E-state index contributed by atoms with van der Waals surface area (Å²) in [6.07, 6.45) is 0.937. The van der Waals surface area contributed by atoms with Crippen LogP contribution in [-0.4, -0.2) is 37.5 Å². The predicted molar refractivity (Wildman–Crippen MR) is 83.4 cm³/mol. The molecule has 0 aliphatic rings. The van der Waals surface area contributed by atoms with Gasteiger partial charge in [0.2, 0.25) is 0 Å². The van der Waals surface area contributed by atoms with Crippen molar-refractivity contribution in [3.05, 3.63) is 35.4 Å². The van der Waals surface area contributed by atoms with E-state index in [2.05, 4.69) is 25.5 Å². The molecule has 0 unspecified atom stereocenters. The van der Waals surface area contributed by atoms with Crippen molar-refractivity contribution >= 4 is 11.9 Å². The first-order valence-electron chi connectivity index (χ1n) is 7.18. The maximum Gasteiger partial charge on any atom is 0.305 e. The average molecular weight is 291 g/mol. The molecule has 0 aliphatic heterocycles. The summed E-state index contributed by atoms with van der Waals surface area (Å²) in [5, 5.41) is 0. The molecule has 0 saturated carbocycles. The molecule has 0 aromatic heterocycles. The highest BCUT2D eigenvalue weighted by Crippen LogP contribution is 2.22. The lowest BCUT2D eigenvalue weighted by Gasteiger charge is -2.20. The second-order valence-electron chi connectivity index (χ2n) is 6.23. The molecule has 0 aliphatic carbocycles. The van der Waals surface area contributed by atoms with E-state index < -0.39 is 0 Å². The average Bonchev–Trinajstić information content (AvgIpc) is 2.45. The summed E-state index contributed by atoms with van der Waals surface area (Å²) in [7, 11) is 3.12. The zero-order valence-corrected chi connectivity index (χ0v) is 13.6. The molecule has 1 amide bonds. The molecule has 1 rings (SSSR count). The molecule has 0 fully saturated rings. The summed E-state index contributed by atoms with van der Waals surface area (Å²) in [6.45, 7) is 6.96. The Morgan fingerprint density at radius 3 is 2.19 bits per heavy atom. The van der Waals surface area contributed by atoms with Crippen LogP contribution in [0.3, 0.4) is 0 Å². The Bertz CT molecular complexity index is 486. The molecule has 0 spiro atoms. The quantitative estimate of drug-likeness (QED) is 0.783. The Hall–Kier alpha value is -1.84. The van der Waals surface area contributed by atoms with Gasteiger partial charge in [0.05, 0.1) is 7.11 Å². The van der Waals surface area contributed by atoms with Crippen LogP contribution in [0.15, 0.2) is 24.3 Å². The van der Waals surface area contributed by atoms with E-state index in [1.807, 2.05) is 24.3 Å². The van der Waals surface area contributed by atoms with Crippen molar-refractivity contribution in [2.75, 3.05) is 20.7 Å². The van der Waals surface area contributed by atoms with Crippen molar-refractivity contribution in [2.45, 2.75) is 39.0 Å². The van der Waals surface area contributed by atoms with Gasteiger partial charge in [0.15, 0.2) is 0 Å². The van der Waals surface area contributed by atoms with Gasteiger partial charge >= 0.3 is 5.97 Å². The predicted octanol–water partition coefficient (Wildman–Crippen LogP) is 3.01. The van der Waals surface area contributed by atoms with Crippen molar-refractivity contribution in [3.8, 4) is 0 Å². The van der Waals surface area contributed by atoms with Crippen LogP contribution in [0.1, 0.15) is 49.5 Å². The molecule has 0 bridgehead atoms. The van der Waals surface area contributed by atoms with Gasteiger partial charge in [-0.05, 0) is 29.5 Å². The Labute approximate surface area is 127 Å². The normalized spacial score (nSPS) is 11.1. The largest absolute Gasteiger partial charge is 0.469 e. The van der Waals surface area contributed by atoms with E-state index in [1.165, 1.54) is 12.7 Å². The van der Waals surface area contributed by atoms with Gasteiger partial charge in [-0.25, -0.2) is 0 Å². The minimum Gasteiger partial charge on any atom is -0.469 e. The summed E-state index contributed by atoms with van der Waals surface area (Å²) < 4.78 is 4.58. The summed E-state index contributed by atoms with van der Waals surface area (Å²) in [5.41, 5.74) is 1.95. The zero-order valence-electron chi connectivity index (χ0n) is 13.6. The Balaban J connectivity index is 2.60. The number of ether oxygens (including phenoxy) is 1. The van der Waals surface area contributed by atoms with Gasteiger partial charge in [-0.3, -0.25) is 9.59 Å². The number of hydrogen-bond acceptors (Lipinski definition) is 3. The van der Waals surface area contributed by atoms with E-state index in [4.69, 9.17) is 0 Å². The maximum atomic E-state index is 12.3. The second-order valence-corrected chi connectivity index (χ2v) is 6.23. The van der Waals surface area contributed by atoms with Crippen LogP contribution in [0.4, 0.5) is 0 Å². The molecule has 4 nitrogen and oxygen atoms in total. The first-order chi connectivity index (χ1) is 9.75. The van der Waals surface area contributed by atoms with E-state index >= 15 is 0 Å². The lowest BCUT2D eigenvalue weighted by Crippen LogP contribution is -2.28. The monoisotopic (exact) mass is 291 g/mol. The number of carbonyl (C=O) groups is 2. The van der Waals surface area contributed by atoms with Gasteiger partial charge in [-0.15, -0.1) is 0 Å². The Morgan fingerprint density at radius 1 is 1.14 bits per heavy atom. The molecule has 0 saturated heterocycles. The lowest BCUT2D eigenvalue weighted by atomic mass is 9.86. The maximum absolute atomic E-state index is 12.3. The van der Waals surface area contributed by atoms with Gasteiger partial charge in [-0.1, -0.05) is 32.9 Å². The lowest BCUT2D eigenvalue weighted by molar-refractivity contribution is -0.140. The first-order valence-corrected chi connectivity index (χ1v) is 7.18. The van der Waals surface area contributed by atoms with Gasteiger partial charge < -0.3 is 9.64 Å². The smallest absolute Gasteiger partial charge is 0.305 e. The zero-order chi connectivity index (χ0) is 16.0. The van der Waals surface area contributed by atoms with E-state index in [0.717, 1.165) is 0 Å². The van der Waals surface area contributed by atoms with Gasteiger partial charge in [0, 0.05) is 25.6 Å². The minimum atomic E-state index is -0.245. The molecule has 1 aromatic carbocycles. The minimum absolute atomic E-state index is 0.0275. The molecule has 116 valence electrons. The molecule has 0 radical (unpaired) electrons. The number of rotatable bonds is 5. The summed E-state index contributed by atoms with van der Waals surface area (Å²) >= 11 is 0. The molecule has 4 heteroatoms. The molecular formula is C17H25NO3. The standard InChI is InChI=1S/C17H25NO3/c1-17(2,3)14-10-8-13(9-11-14)16(20)18(4)12-6-7-15(19)21-5/h8-11H,6-7,12H2,1-5H3. The Kier molecular flexibility index (Phi) is 5.94. The molecule has 0 heterocycles. The number of nitrogens with zero attached hydrogens (tertiary/aromatic N) is 1. The summed E-state index contributed by atoms with van der Waals surface area (Å²) in [6, 6.07) is 7.71. The van der Waals surface area contributed by atoms with Crippen LogP contribution in [-0.2, 0) is 14.9 Å². The van der Waals surface area contributed by atoms with E-state index in [0.29, 0.717) is 24.9 Å². The van der Waals surface area contributed by atoms with Crippen LogP contribution in [0.25, 0.3) is 0 Å². The second kappa shape index (κ2) is 7.25. The summed E-state index contributed by atoms with van der Waals surface area (Å²) in [5.74, 6) is -0.272. The first kappa shape index (κ1) is 17.2. The van der Waals surface area contributed by atoms with Crippen molar-refractivity contribution < 1.29 is 14.3 Å². The third-order valence-corrected chi connectivity index (χ3v) is 3.45. The van der Waals surface area contributed by atoms with Crippen LogP contribution in [0.2, 0.25) is 0 Å². The third-order valence-electron chi connectivity index (χ3n) is 3.45. The van der Waals surface area contributed by atoms with Crippen molar-refractivity contribution in [1.82, 2.24) is 4.90 Å². The van der Waals surface area contributed by atoms with Crippen LogP contribution in [0.5, 0.6) is 0 Å². The number of methoxy groups -OCH3 is 1. The Morgan fingerprint density at radius 2 is 1.71 bits per heavy atom. The highest BCUT2D eigenvalue weighted by atomic mass is 16.5. The molecule has 0 N–H and O–H groups in total. The fraction of sp³-hybridized carbons (Fsp3) is 0.529. The fourth-order valence-corrected chi connectivity index (χ4v) is 2.00. The number of carbonyl (C=O) groups excluding carboxylic acids is 2. The van der Waals surface area contributed by atoms with Crippen LogP contribution in [0, 0.1) is 0 Å². The van der Waals surface area contributed by atoms with Gasteiger partial charge in [-0.2, -0.15) is 0 Å². The van der Waals surface area contributed by atoms with Crippen LogP contribution >= 0.6 is 0 Å².